The van der Waals surface area contributed by atoms with E-state index in [1.165, 1.54) is 10.5 Å². The molecule has 2 heterocycles. The predicted molar refractivity (Wildman–Crippen MR) is 76.9 cm³/mol. The first-order valence-electron chi connectivity index (χ1n) is 6.83. The number of hydrogen-bond acceptors (Lipinski definition) is 5. The standard InChI is InChI=1S/C13H21N3O3S/c1-3-14-13-5-4-11(8-15-13)20(18,19)16-7-6-12(17)10(2)9-16/h4-5,8,10,12,17H,3,6-7,9H2,1-2H3,(H,14,15). The van der Waals surface area contributed by atoms with Crippen LogP contribution < -0.4 is 5.32 Å². The first kappa shape index (κ1) is 15.2. The molecule has 0 amide bonds. The van der Waals surface area contributed by atoms with Gasteiger partial charge in [0.1, 0.15) is 10.7 Å². The first-order valence-corrected chi connectivity index (χ1v) is 8.27. The van der Waals surface area contributed by atoms with Crippen molar-refractivity contribution in [2.24, 2.45) is 5.92 Å². The van der Waals surface area contributed by atoms with Gasteiger partial charge in [0.15, 0.2) is 0 Å². The largest absolute Gasteiger partial charge is 0.393 e. The van der Waals surface area contributed by atoms with Gasteiger partial charge in [-0.3, -0.25) is 0 Å². The molecule has 0 aliphatic carbocycles. The highest BCUT2D eigenvalue weighted by molar-refractivity contribution is 7.89. The monoisotopic (exact) mass is 299 g/mol. The van der Waals surface area contributed by atoms with E-state index in [1.807, 2.05) is 13.8 Å². The van der Waals surface area contributed by atoms with Crippen molar-refractivity contribution in [2.45, 2.75) is 31.3 Å². The van der Waals surface area contributed by atoms with Gasteiger partial charge in [-0.15, -0.1) is 0 Å². The van der Waals surface area contributed by atoms with Crippen molar-refractivity contribution in [1.82, 2.24) is 9.29 Å². The number of hydrogen-bond donors (Lipinski definition) is 2. The van der Waals surface area contributed by atoms with Crippen molar-refractivity contribution in [3.05, 3.63) is 18.3 Å². The van der Waals surface area contributed by atoms with Gasteiger partial charge in [-0.1, -0.05) is 6.92 Å². The van der Waals surface area contributed by atoms with E-state index in [0.717, 1.165) is 6.54 Å². The average molecular weight is 299 g/mol. The summed E-state index contributed by atoms with van der Waals surface area (Å²) in [6.45, 7) is 5.24. The third-order valence-corrected chi connectivity index (χ3v) is 5.40. The van der Waals surface area contributed by atoms with Gasteiger partial charge in [-0.05, 0) is 31.4 Å². The number of sulfonamides is 1. The molecule has 6 nitrogen and oxygen atoms in total. The Hall–Kier alpha value is -1.18. The molecule has 2 atom stereocenters. The number of aliphatic hydroxyl groups excluding tert-OH is 1. The Morgan fingerprint density at radius 3 is 2.80 bits per heavy atom. The lowest BCUT2D eigenvalue weighted by atomic mass is 9.99. The second-order valence-electron chi connectivity index (χ2n) is 5.11. The van der Waals surface area contributed by atoms with Crippen molar-refractivity contribution >= 4 is 15.8 Å². The van der Waals surface area contributed by atoms with E-state index in [0.29, 0.717) is 25.3 Å². The number of nitrogens with one attached hydrogen (secondary N) is 1. The number of piperidine rings is 1. The molecule has 0 saturated carbocycles. The third kappa shape index (κ3) is 3.11. The van der Waals surface area contributed by atoms with Crippen LogP contribution in [0, 0.1) is 5.92 Å². The lowest BCUT2D eigenvalue weighted by Gasteiger charge is -2.33. The van der Waals surface area contributed by atoms with Crippen molar-refractivity contribution < 1.29 is 13.5 Å². The van der Waals surface area contributed by atoms with Crippen LogP contribution >= 0.6 is 0 Å². The topological polar surface area (TPSA) is 82.5 Å². The molecule has 2 N–H and O–H groups in total. The van der Waals surface area contributed by atoms with Crippen molar-refractivity contribution in [3.8, 4) is 0 Å². The zero-order valence-electron chi connectivity index (χ0n) is 11.8. The predicted octanol–water partition coefficient (Wildman–Crippen LogP) is 0.905. The maximum atomic E-state index is 12.5. The number of rotatable bonds is 4. The summed E-state index contributed by atoms with van der Waals surface area (Å²) in [5.74, 6) is 0.612. The van der Waals surface area contributed by atoms with E-state index in [4.69, 9.17) is 0 Å². The maximum absolute atomic E-state index is 12.5. The Kier molecular flexibility index (Phi) is 4.62. The summed E-state index contributed by atoms with van der Waals surface area (Å²) in [5, 5.41) is 12.7. The Bertz CT molecular complexity index is 544. The van der Waals surface area contributed by atoms with E-state index >= 15 is 0 Å². The highest BCUT2D eigenvalue weighted by atomic mass is 32.2. The molecule has 1 aliphatic heterocycles. The second-order valence-corrected chi connectivity index (χ2v) is 7.04. The molecule has 0 bridgehead atoms. The Morgan fingerprint density at radius 1 is 1.50 bits per heavy atom. The second kappa shape index (κ2) is 6.07. The van der Waals surface area contributed by atoms with Crippen LogP contribution in [0.2, 0.25) is 0 Å². The van der Waals surface area contributed by atoms with Crippen LogP contribution in [-0.2, 0) is 10.0 Å². The third-order valence-electron chi connectivity index (χ3n) is 3.55. The molecule has 0 radical (unpaired) electrons. The molecular formula is C13H21N3O3S. The molecule has 2 unspecified atom stereocenters. The minimum atomic E-state index is -3.52. The van der Waals surface area contributed by atoms with Gasteiger partial charge in [0, 0.05) is 25.8 Å². The molecule has 112 valence electrons. The summed E-state index contributed by atoms with van der Waals surface area (Å²) in [4.78, 5) is 4.29. The number of aromatic nitrogens is 1. The molecule has 1 aromatic rings. The van der Waals surface area contributed by atoms with Crippen LogP contribution in [0.3, 0.4) is 0 Å². The van der Waals surface area contributed by atoms with E-state index in [2.05, 4.69) is 10.3 Å². The highest BCUT2D eigenvalue weighted by Crippen LogP contribution is 2.23. The lowest BCUT2D eigenvalue weighted by Crippen LogP contribution is -2.44. The smallest absolute Gasteiger partial charge is 0.244 e. The lowest BCUT2D eigenvalue weighted by molar-refractivity contribution is 0.0628. The van der Waals surface area contributed by atoms with Crippen molar-refractivity contribution in [3.63, 3.8) is 0 Å². The minimum Gasteiger partial charge on any atom is -0.393 e. The summed E-state index contributed by atoms with van der Waals surface area (Å²) < 4.78 is 26.4. The summed E-state index contributed by atoms with van der Waals surface area (Å²) in [7, 11) is -3.52. The van der Waals surface area contributed by atoms with Gasteiger partial charge >= 0.3 is 0 Å². The number of aliphatic hydroxyl groups is 1. The van der Waals surface area contributed by atoms with Crippen LogP contribution in [0.4, 0.5) is 5.82 Å². The molecule has 20 heavy (non-hydrogen) atoms. The van der Waals surface area contributed by atoms with E-state index < -0.39 is 16.1 Å². The van der Waals surface area contributed by atoms with Gasteiger partial charge in [-0.25, -0.2) is 13.4 Å². The molecule has 0 aromatic carbocycles. The SMILES string of the molecule is CCNc1ccc(S(=O)(=O)N2CCC(O)C(C)C2)cn1. The first-order chi connectivity index (χ1) is 9.45. The zero-order valence-corrected chi connectivity index (χ0v) is 12.6. The Morgan fingerprint density at radius 2 is 2.25 bits per heavy atom. The van der Waals surface area contributed by atoms with Crippen molar-refractivity contribution in [2.75, 3.05) is 25.0 Å². The molecule has 1 fully saturated rings. The van der Waals surface area contributed by atoms with Gasteiger partial charge in [-0.2, -0.15) is 4.31 Å². The molecule has 2 rings (SSSR count). The highest BCUT2D eigenvalue weighted by Gasteiger charge is 2.32. The minimum absolute atomic E-state index is 0.0486. The van der Waals surface area contributed by atoms with Crippen LogP contribution in [-0.4, -0.2) is 48.6 Å². The Labute approximate surface area is 119 Å². The Balaban J connectivity index is 2.17. The van der Waals surface area contributed by atoms with Gasteiger partial charge in [0.05, 0.1) is 6.10 Å². The summed E-state index contributed by atoms with van der Waals surface area (Å²) in [6.07, 6.45) is 1.43. The van der Waals surface area contributed by atoms with Crippen LogP contribution in [0.1, 0.15) is 20.3 Å². The molecule has 7 heteroatoms. The van der Waals surface area contributed by atoms with E-state index in [-0.39, 0.29) is 10.8 Å². The fraction of sp³-hybridized carbons (Fsp3) is 0.615. The molecule has 1 saturated heterocycles. The fourth-order valence-corrected chi connectivity index (χ4v) is 3.78. The van der Waals surface area contributed by atoms with E-state index in [9.17, 15) is 13.5 Å². The summed E-state index contributed by atoms with van der Waals surface area (Å²) >= 11 is 0. The number of anilines is 1. The molecular weight excluding hydrogens is 278 g/mol. The van der Waals surface area contributed by atoms with Gasteiger partial charge in [0.25, 0.3) is 0 Å². The van der Waals surface area contributed by atoms with Crippen LogP contribution in [0.15, 0.2) is 23.2 Å². The maximum Gasteiger partial charge on any atom is 0.244 e. The zero-order chi connectivity index (χ0) is 14.8. The fourth-order valence-electron chi connectivity index (χ4n) is 2.28. The quantitative estimate of drug-likeness (QED) is 0.863. The van der Waals surface area contributed by atoms with Crippen molar-refractivity contribution in [1.29, 1.82) is 0 Å². The van der Waals surface area contributed by atoms with Gasteiger partial charge in [0.2, 0.25) is 10.0 Å². The summed E-state index contributed by atoms with van der Waals surface area (Å²) in [5.41, 5.74) is 0. The molecule has 1 aromatic heterocycles. The van der Waals surface area contributed by atoms with Crippen LogP contribution in [0.5, 0.6) is 0 Å². The molecule has 0 spiro atoms. The summed E-state index contributed by atoms with van der Waals surface area (Å²) in [6, 6.07) is 3.23. The van der Waals surface area contributed by atoms with E-state index in [1.54, 1.807) is 12.1 Å². The average Bonchev–Trinajstić information content (AvgIpc) is 2.43. The number of pyridine rings is 1. The number of nitrogens with zero attached hydrogens (tertiary/aromatic N) is 2. The normalized spacial score (nSPS) is 24.6. The van der Waals surface area contributed by atoms with Crippen LogP contribution in [0.25, 0.3) is 0 Å². The van der Waals surface area contributed by atoms with Gasteiger partial charge < -0.3 is 10.4 Å². The molecule has 1 aliphatic rings.